The molecule has 0 atom stereocenters. The van der Waals surface area contributed by atoms with Crippen molar-refractivity contribution in [1.82, 2.24) is 15.1 Å². The Hall–Kier alpha value is -3.55. The quantitative estimate of drug-likeness (QED) is 0.260. The largest absolute Gasteiger partial charge is 0.494 e. The van der Waals surface area contributed by atoms with Gasteiger partial charge in [0, 0.05) is 32.2 Å². The van der Waals surface area contributed by atoms with Crippen LogP contribution in [0.3, 0.4) is 0 Å². The Bertz CT molecular complexity index is 1240. The highest BCUT2D eigenvalue weighted by Crippen LogP contribution is 2.26. The number of hydrogen-bond acceptors (Lipinski definition) is 4. The van der Waals surface area contributed by atoms with Crippen molar-refractivity contribution in [1.29, 1.82) is 0 Å². The molecule has 2 aliphatic heterocycles. The third-order valence-electron chi connectivity index (χ3n) is 8.24. The van der Waals surface area contributed by atoms with E-state index >= 15 is 0 Å². The van der Waals surface area contributed by atoms with E-state index in [0.29, 0.717) is 11.1 Å². The molecule has 42 heavy (non-hydrogen) atoms. The summed E-state index contributed by atoms with van der Waals surface area (Å²) >= 11 is 0. The van der Waals surface area contributed by atoms with Gasteiger partial charge in [-0.25, -0.2) is 8.78 Å². The summed E-state index contributed by atoms with van der Waals surface area (Å²) in [6.07, 6.45) is 9.74. The Morgan fingerprint density at radius 1 is 0.833 bits per heavy atom. The fourth-order valence-corrected chi connectivity index (χ4v) is 5.85. The van der Waals surface area contributed by atoms with Crippen molar-refractivity contribution in [3.05, 3.63) is 107 Å². The van der Waals surface area contributed by atoms with Crippen LogP contribution in [-0.4, -0.2) is 67.6 Å². The molecule has 0 radical (unpaired) electrons. The Kier molecular flexibility index (Phi) is 10.7. The van der Waals surface area contributed by atoms with Crippen LogP contribution in [-0.2, 0) is 4.79 Å². The van der Waals surface area contributed by atoms with Gasteiger partial charge in [0.2, 0.25) is 5.91 Å². The third kappa shape index (κ3) is 8.73. The van der Waals surface area contributed by atoms with Crippen LogP contribution in [0.2, 0.25) is 0 Å². The molecule has 1 N–H and O–H groups in total. The smallest absolute Gasteiger partial charge is 0.232 e. The summed E-state index contributed by atoms with van der Waals surface area (Å²) in [4.78, 5) is 18.3. The van der Waals surface area contributed by atoms with E-state index < -0.39 is 5.92 Å². The summed E-state index contributed by atoms with van der Waals surface area (Å²) < 4.78 is 33.0. The number of rotatable bonds is 12. The second-order valence-electron chi connectivity index (χ2n) is 11.3. The van der Waals surface area contributed by atoms with E-state index in [1.54, 1.807) is 24.3 Å². The van der Waals surface area contributed by atoms with E-state index in [4.69, 9.17) is 4.74 Å². The highest BCUT2D eigenvalue weighted by molar-refractivity contribution is 5.87. The van der Waals surface area contributed by atoms with Crippen molar-refractivity contribution < 1.29 is 18.3 Å². The lowest BCUT2D eigenvalue weighted by Crippen LogP contribution is -2.46. The van der Waals surface area contributed by atoms with Gasteiger partial charge in [0.05, 0.1) is 12.5 Å². The van der Waals surface area contributed by atoms with Gasteiger partial charge in [-0.15, -0.1) is 0 Å². The number of nitrogens with one attached hydrogen (secondary N) is 1. The highest BCUT2D eigenvalue weighted by Gasteiger charge is 2.27. The molecular weight excluding hydrogens is 532 g/mol. The Morgan fingerprint density at radius 2 is 1.43 bits per heavy atom. The van der Waals surface area contributed by atoms with Crippen molar-refractivity contribution in [2.24, 2.45) is 0 Å². The van der Waals surface area contributed by atoms with Crippen molar-refractivity contribution in [3.8, 4) is 5.75 Å². The SMILES string of the molecule is O=C(NC1CCN(C/C=C/c2ccc(OCCCN3CCCC3)cc2)CC1)C(c1ccc(F)cc1)c1ccc(F)cc1. The van der Waals surface area contributed by atoms with Crippen LogP contribution in [0.25, 0.3) is 6.08 Å². The van der Waals surface area contributed by atoms with Gasteiger partial charge in [-0.3, -0.25) is 9.69 Å². The second kappa shape index (κ2) is 15.1. The van der Waals surface area contributed by atoms with Crippen LogP contribution < -0.4 is 10.1 Å². The summed E-state index contributed by atoms with van der Waals surface area (Å²) in [6, 6.07) is 20.2. The standard InChI is InChI=1S/C35H41F2N3O2/c36-30-12-8-28(9-13-30)34(29-10-14-31(37)15-11-29)35(41)38-32-18-24-40(25-19-32)22-3-5-27-6-16-33(17-7-27)42-26-4-23-39-20-1-2-21-39/h3,5-17,32,34H,1-2,4,18-26H2,(H,38,41)/b5-3+. The molecule has 0 unspecified atom stereocenters. The molecule has 0 saturated carbocycles. The molecule has 5 nitrogen and oxygen atoms in total. The average molecular weight is 574 g/mol. The van der Waals surface area contributed by atoms with Gasteiger partial charge in [0.1, 0.15) is 17.4 Å². The maximum absolute atomic E-state index is 13.5. The number of hydrogen-bond donors (Lipinski definition) is 1. The zero-order chi connectivity index (χ0) is 29.1. The molecule has 2 saturated heterocycles. The monoisotopic (exact) mass is 573 g/mol. The molecule has 0 aliphatic carbocycles. The molecule has 3 aromatic rings. The van der Waals surface area contributed by atoms with E-state index in [1.807, 2.05) is 12.1 Å². The molecule has 2 heterocycles. The lowest BCUT2D eigenvalue weighted by atomic mass is 9.89. The number of amides is 1. The number of likely N-dealkylation sites (tertiary alicyclic amines) is 2. The first-order valence-corrected chi connectivity index (χ1v) is 15.2. The number of nitrogens with zero attached hydrogens (tertiary/aromatic N) is 2. The minimum Gasteiger partial charge on any atom is -0.494 e. The van der Waals surface area contributed by atoms with E-state index in [2.05, 4.69) is 39.4 Å². The van der Waals surface area contributed by atoms with Crippen LogP contribution in [0.15, 0.2) is 78.9 Å². The number of carbonyl (C=O) groups is 1. The van der Waals surface area contributed by atoms with E-state index in [0.717, 1.165) is 63.4 Å². The van der Waals surface area contributed by atoms with Crippen molar-refractivity contribution in [2.45, 2.75) is 44.1 Å². The average Bonchev–Trinajstić information content (AvgIpc) is 3.53. The molecule has 7 heteroatoms. The summed E-state index contributed by atoms with van der Waals surface area (Å²) in [5.74, 6) is -0.575. The third-order valence-corrected chi connectivity index (χ3v) is 8.24. The molecule has 2 fully saturated rings. The maximum Gasteiger partial charge on any atom is 0.232 e. The molecule has 2 aliphatic rings. The maximum atomic E-state index is 13.5. The van der Waals surface area contributed by atoms with Gasteiger partial charge in [-0.2, -0.15) is 0 Å². The first-order chi connectivity index (χ1) is 20.5. The predicted octanol–water partition coefficient (Wildman–Crippen LogP) is 6.26. The highest BCUT2D eigenvalue weighted by atomic mass is 19.1. The van der Waals surface area contributed by atoms with Crippen LogP contribution in [0.5, 0.6) is 5.75 Å². The van der Waals surface area contributed by atoms with Crippen LogP contribution in [0, 0.1) is 11.6 Å². The molecule has 5 rings (SSSR count). The summed E-state index contributed by atoms with van der Waals surface area (Å²) in [6.45, 7) is 6.96. The summed E-state index contributed by atoms with van der Waals surface area (Å²) in [7, 11) is 0. The number of halogens is 2. The van der Waals surface area contributed by atoms with E-state index in [1.165, 1.54) is 50.2 Å². The van der Waals surface area contributed by atoms with Gasteiger partial charge >= 0.3 is 0 Å². The molecule has 3 aromatic carbocycles. The van der Waals surface area contributed by atoms with Crippen molar-refractivity contribution in [3.63, 3.8) is 0 Å². The summed E-state index contributed by atoms with van der Waals surface area (Å²) in [5.41, 5.74) is 2.51. The van der Waals surface area contributed by atoms with Gasteiger partial charge in [0.15, 0.2) is 0 Å². The van der Waals surface area contributed by atoms with E-state index in [9.17, 15) is 13.6 Å². The van der Waals surface area contributed by atoms with E-state index in [-0.39, 0.29) is 23.6 Å². The van der Waals surface area contributed by atoms with Crippen LogP contribution in [0.1, 0.15) is 54.7 Å². The van der Waals surface area contributed by atoms with Crippen molar-refractivity contribution in [2.75, 3.05) is 45.9 Å². The lowest BCUT2D eigenvalue weighted by molar-refractivity contribution is -0.122. The minimum atomic E-state index is -0.626. The molecule has 0 bridgehead atoms. The van der Waals surface area contributed by atoms with Gasteiger partial charge in [-0.1, -0.05) is 48.6 Å². The van der Waals surface area contributed by atoms with Gasteiger partial charge in [-0.05, 0) is 98.3 Å². The molecule has 1 amide bonds. The van der Waals surface area contributed by atoms with Crippen LogP contribution >= 0.6 is 0 Å². The lowest BCUT2D eigenvalue weighted by Gasteiger charge is -2.32. The summed E-state index contributed by atoms with van der Waals surface area (Å²) in [5, 5.41) is 3.20. The fraction of sp³-hybridized carbons (Fsp3) is 0.400. The predicted molar refractivity (Wildman–Crippen MR) is 164 cm³/mol. The number of carbonyl (C=O) groups excluding carboxylic acids is 1. The normalized spacial score (nSPS) is 16.8. The number of ether oxygens (including phenoxy) is 1. The minimum absolute atomic E-state index is 0.0593. The Labute approximate surface area is 248 Å². The first kappa shape index (κ1) is 29.9. The Morgan fingerprint density at radius 3 is 2.02 bits per heavy atom. The van der Waals surface area contributed by atoms with Gasteiger partial charge < -0.3 is 15.0 Å². The fourth-order valence-electron chi connectivity index (χ4n) is 5.85. The van der Waals surface area contributed by atoms with Crippen molar-refractivity contribution >= 4 is 12.0 Å². The molecule has 222 valence electrons. The van der Waals surface area contributed by atoms with Crippen LogP contribution in [0.4, 0.5) is 8.78 Å². The van der Waals surface area contributed by atoms with Gasteiger partial charge in [0.25, 0.3) is 0 Å². The molecular formula is C35H41F2N3O2. The Balaban J connectivity index is 1.05. The number of piperidine rings is 1. The zero-order valence-electron chi connectivity index (χ0n) is 24.2. The number of benzene rings is 3. The molecule has 0 aromatic heterocycles. The molecule has 0 spiro atoms. The topological polar surface area (TPSA) is 44.8 Å². The zero-order valence-corrected chi connectivity index (χ0v) is 24.2. The first-order valence-electron chi connectivity index (χ1n) is 15.2. The second-order valence-corrected chi connectivity index (χ2v) is 11.3.